The number of carbonyl (C=O) groups is 2. The minimum absolute atomic E-state index is 0.0924. The molecule has 0 saturated carbocycles. The van der Waals surface area contributed by atoms with Crippen molar-refractivity contribution in [3.8, 4) is 0 Å². The molecule has 2 aromatic carbocycles. The Kier molecular flexibility index (Phi) is 3.01. The lowest BCUT2D eigenvalue weighted by Gasteiger charge is -2.33. The summed E-state index contributed by atoms with van der Waals surface area (Å²) in [5, 5.41) is 0. The van der Waals surface area contributed by atoms with Crippen molar-refractivity contribution in [2.75, 3.05) is 23.4 Å². The molecule has 0 radical (unpaired) electrons. The third kappa shape index (κ3) is 1.98. The molecule has 4 heteroatoms. The first kappa shape index (κ1) is 14.0. The standard InChI is InChI=1S/C19H18N2O2/c1-12-7-9-13(10-8-12)21-18(22)15-11-20(2)16-6-4-3-5-14(16)17(15)19(21)23/h3-10,15,17H,11H2,1-2H3/t15-,17+/m0/s1. The van der Waals surface area contributed by atoms with Crippen LogP contribution in [0.3, 0.4) is 0 Å². The molecule has 0 N–H and O–H groups in total. The molecular formula is C19H18N2O2. The molecule has 2 aliphatic heterocycles. The van der Waals surface area contributed by atoms with Gasteiger partial charge in [0.05, 0.1) is 17.5 Å². The molecule has 0 spiro atoms. The van der Waals surface area contributed by atoms with Gasteiger partial charge in [0.15, 0.2) is 0 Å². The van der Waals surface area contributed by atoms with Crippen LogP contribution in [-0.4, -0.2) is 25.4 Å². The Bertz CT molecular complexity index is 797. The molecule has 0 aromatic heterocycles. The predicted molar refractivity (Wildman–Crippen MR) is 89.6 cm³/mol. The number of benzene rings is 2. The van der Waals surface area contributed by atoms with E-state index in [-0.39, 0.29) is 23.7 Å². The molecule has 2 amide bonds. The highest BCUT2D eigenvalue weighted by Crippen LogP contribution is 2.44. The number of carbonyl (C=O) groups excluding carboxylic acids is 2. The Morgan fingerprint density at radius 3 is 2.39 bits per heavy atom. The SMILES string of the molecule is Cc1ccc(N2C(=O)[C@H]3CN(C)c4ccccc4[C@H]3C2=O)cc1. The predicted octanol–water partition coefficient (Wildman–Crippen LogP) is 2.72. The van der Waals surface area contributed by atoms with E-state index in [1.165, 1.54) is 4.90 Å². The molecule has 4 rings (SSSR count). The van der Waals surface area contributed by atoms with Crippen molar-refractivity contribution in [2.45, 2.75) is 12.8 Å². The maximum atomic E-state index is 13.0. The van der Waals surface area contributed by atoms with E-state index >= 15 is 0 Å². The summed E-state index contributed by atoms with van der Waals surface area (Å²) in [6.45, 7) is 2.57. The third-order valence-corrected chi connectivity index (χ3v) is 4.87. The van der Waals surface area contributed by atoms with Crippen LogP contribution in [0, 0.1) is 12.8 Å². The zero-order valence-electron chi connectivity index (χ0n) is 13.2. The molecule has 2 aliphatic rings. The first-order chi connectivity index (χ1) is 11.1. The van der Waals surface area contributed by atoms with Crippen molar-refractivity contribution >= 4 is 23.2 Å². The van der Waals surface area contributed by atoms with E-state index in [1.807, 2.05) is 62.5 Å². The second kappa shape index (κ2) is 4.95. The Labute approximate surface area is 135 Å². The van der Waals surface area contributed by atoms with Crippen molar-refractivity contribution in [1.29, 1.82) is 0 Å². The second-order valence-electron chi connectivity index (χ2n) is 6.37. The fraction of sp³-hybridized carbons (Fsp3) is 0.263. The molecular weight excluding hydrogens is 288 g/mol. The van der Waals surface area contributed by atoms with Crippen LogP contribution in [0.5, 0.6) is 0 Å². The normalized spacial score (nSPS) is 23.0. The highest BCUT2D eigenvalue weighted by molar-refractivity contribution is 6.24. The number of para-hydroxylation sites is 1. The lowest BCUT2D eigenvalue weighted by molar-refractivity contribution is -0.122. The number of rotatable bonds is 1. The van der Waals surface area contributed by atoms with Crippen LogP contribution in [0.4, 0.5) is 11.4 Å². The molecule has 2 aromatic rings. The van der Waals surface area contributed by atoms with Crippen LogP contribution in [-0.2, 0) is 9.59 Å². The second-order valence-corrected chi connectivity index (χ2v) is 6.37. The quantitative estimate of drug-likeness (QED) is 0.761. The van der Waals surface area contributed by atoms with Gasteiger partial charge in [-0.05, 0) is 30.7 Å². The number of nitrogens with zero attached hydrogens (tertiary/aromatic N) is 2. The molecule has 1 fully saturated rings. The van der Waals surface area contributed by atoms with Crippen LogP contribution in [0.1, 0.15) is 17.0 Å². The van der Waals surface area contributed by atoms with Gasteiger partial charge in [-0.2, -0.15) is 0 Å². The molecule has 0 bridgehead atoms. The van der Waals surface area contributed by atoms with Crippen molar-refractivity contribution < 1.29 is 9.59 Å². The molecule has 1 saturated heterocycles. The maximum absolute atomic E-state index is 13.0. The number of hydrogen-bond acceptors (Lipinski definition) is 3. The van der Waals surface area contributed by atoms with E-state index in [0.717, 1.165) is 16.8 Å². The monoisotopic (exact) mass is 306 g/mol. The van der Waals surface area contributed by atoms with Crippen molar-refractivity contribution in [2.24, 2.45) is 5.92 Å². The fourth-order valence-electron chi connectivity index (χ4n) is 3.70. The summed E-state index contributed by atoms with van der Waals surface area (Å²) in [6.07, 6.45) is 0. The van der Waals surface area contributed by atoms with Gasteiger partial charge in [0, 0.05) is 19.3 Å². The molecule has 2 heterocycles. The summed E-state index contributed by atoms with van der Waals surface area (Å²) in [7, 11) is 1.97. The Morgan fingerprint density at radius 2 is 1.65 bits per heavy atom. The minimum atomic E-state index is -0.365. The van der Waals surface area contributed by atoms with Gasteiger partial charge >= 0.3 is 0 Å². The van der Waals surface area contributed by atoms with Gasteiger partial charge in [-0.1, -0.05) is 35.9 Å². The van der Waals surface area contributed by atoms with E-state index < -0.39 is 0 Å². The summed E-state index contributed by atoms with van der Waals surface area (Å²) in [5.41, 5.74) is 3.77. The topological polar surface area (TPSA) is 40.6 Å². The van der Waals surface area contributed by atoms with Crippen molar-refractivity contribution in [3.63, 3.8) is 0 Å². The van der Waals surface area contributed by atoms with Crippen LogP contribution < -0.4 is 9.80 Å². The van der Waals surface area contributed by atoms with E-state index in [1.54, 1.807) is 0 Å². The Morgan fingerprint density at radius 1 is 0.957 bits per heavy atom. The summed E-state index contributed by atoms with van der Waals surface area (Å²) >= 11 is 0. The minimum Gasteiger partial charge on any atom is -0.374 e. The zero-order valence-corrected chi connectivity index (χ0v) is 13.2. The average Bonchev–Trinajstić information content (AvgIpc) is 2.80. The molecule has 116 valence electrons. The summed E-state index contributed by atoms with van der Waals surface area (Å²) in [5.74, 6) is -0.866. The Balaban J connectivity index is 1.80. The lowest BCUT2D eigenvalue weighted by Crippen LogP contribution is -2.37. The van der Waals surface area contributed by atoms with Crippen LogP contribution in [0.15, 0.2) is 48.5 Å². The van der Waals surface area contributed by atoms with Crippen LogP contribution >= 0.6 is 0 Å². The average molecular weight is 306 g/mol. The number of fused-ring (bicyclic) bond motifs is 3. The van der Waals surface area contributed by atoms with E-state index in [2.05, 4.69) is 4.90 Å². The van der Waals surface area contributed by atoms with Gasteiger partial charge in [0.2, 0.25) is 11.8 Å². The summed E-state index contributed by atoms with van der Waals surface area (Å²) in [4.78, 5) is 29.3. The number of amides is 2. The number of anilines is 2. The largest absolute Gasteiger partial charge is 0.374 e. The Hall–Kier alpha value is -2.62. The smallest absolute Gasteiger partial charge is 0.242 e. The van der Waals surface area contributed by atoms with Gasteiger partial charge in [0.1, 0.15) is 0 Å². The first-order valence-corrected chi connectivity index (χ1v) is 7.82. The maximum Gasteiger partial charge on any atom is 0.242 e. The van der Waals surface area contributed by atoms with Gasteiger partial charge in [-0.15, -0.1) is 0 Å². The number of aryl methyl sites for hydroxylation is 1. The highest BCUT2D eigenvalue weighted by Gasteiger charge is 2.52. The van der Waals surface area contributed by atoms with Crippen molar-refractivity contribution in [1.82, 2.24) is 0 Å². The fourth-order valence-corrected chi connectivity index (χ4v) is 3.70. The number of imide groups is 1. The van der Waals surface area contributed by atoms with Crippen LogP contribution in [0.2, 0.25) is 0 Å². The van der Waals surface area contributed by atoms with Crippen molar-refractivity contribution in [3.05, 3.63) is 59.7 Å². The van der Waals surface area contributed by atoms with Gasteiger partial charge in [-0.25, -0.2) is 4.90 Å². The summed E-state index contributed by atoms with van der Waals surface area (Å²) < 4.78 is 0. The van der Waals surface area contributed by atoms with Gasteiger partial charge < -0.3 is 4.90 Å². The van der Waals surface area contributed by atoms with E-state index in [9.17, 15) is 9.59 Å². The number of hydrogen-bond donors (Lipinski definition) is 0. The molecule has 4 nitrogen and oxygen atoms in total. The lowest BCUT2D eigenvalue weighted by atomic mass is 9.83. The summed E-state index contributed by atoms with van der Waals surface area (Å²) in [6, 6.07) is 15.4. The van der Waals surface area contributed by atoms with E-state index in [4.69, 9.17) is 0 Å². The third-order valence-electron chi connectivity index (χ3n) is 4.87. The molecule has 23 heavy (non-hydrogen) atoms. The van der Waals surface area contributed by atoms with Crippen LogP contribution in [0.25, 0.3) is 0 Å². The molecule has 2 atom stereocenters. The molecule has 0 aliphatic carbocycles. The molecule has 0 unspecified atom stereocenters. The first-order valence-electron chi connectivity index (χ1n) is 7.82. The van der Waals surface area contributed by atoms with Gasteiger partial charge in [0.25, 0.3) is 0 Å². The van der Waals surface area contributed by atoms with Gasteiger partial charge in [-0.3, -0.25) is 9.59 Å². The zero-order chi connectivity index (χ0) is 16.1. The van der Waals surface area contributed by atoms with E-state index in [0.29, 0.717) is 12.2 Å². The highest BCUT2D eigenvalue weighted by atomic mass is 16.2.